The van der Waals surface area contributed by atoms with Gasteiger partial charge < -0.3 is 0 Å². The molecule has 1 aromatic carbocycles. The van der Waals surface area contributed by atoms with Crippen LogP contribution in [0.3, 0.4) is 0 Å². The molecule has 0 fully saturated rings. The zero-order chi connectivity index (χ0) is 13.5. The van der Waals surface area contributed by atoms with Crippen LogP contribution in [0.2, 0.25) is 0 Å². The molecule has 3 aromatic rings. The molecule has 0 radical (unpaired) electrons. The Morgan fingerprint density at radius 2 is 1.95 bits per heavy atom. The zero-order valence-electron chi connectivity index (χ0n) is 10.7. The highest BCUT2D eigenvalue weighted by molar-refractivity contribution is 6.08. The van der Waals surface area contributed by atoms with Gasteiger partial charge in [0.05, 0.1) is 16.6 Å². The number of hydrogen-bond acceptors (Lipinski definition) is 3. The van der Waals surface area contributed by atoms with Crippen LogP contribution in [-0.2, 0) is 11.2 Å². The third-order valence-corrected chi connectivity index (χ3v) is 3.59. The molecule has 1 aliphatic rings. The highest BCUT2D eigenvalue weighted by atomic mass is 16.2. The van der Waals surface area contributed by atoms with Crippen LogP contribution in [0.15, 0.2) is 42.6 Å². The van der Waals surface area contributed by atoms with Gasteiger partial charge in [-0.05, 0) is 24.6 Å². The summed E-state index contributed by atoms with van der Waals surface area (Å²) in [6, 6.07) is 11.5. The molecule has 5 heteroatoms. The van der Waals surface area contributed by atoms with E-state index < -0.39 is 0 Å². The van der Waals surface area contributed by atoms with Gasteiger partial charge in [0.25, 0.3) is 0 Å². The Bertz CT molecular complexity index is 794. The number of pyridine rings is 1. The van der Waals surface area contributed by atoms with Gasteiger partial charge >= 0.3 is 0 Å². The van der Waals surface area contributed by atoms with E-state index >= 15 is 0 Å². The minimum atomic E-state index is 0.0563. The van der Waals surface area contributed by atoms with E-state index in [0.717, 1.165) is 22.3 Å². The van der Waals surface area contributed by atoms with E-state index in [0.29, 0.717) is 18.7 Å². The van der Waals surface area contributed by atoms with E-state index in [-0.39, 0.29) is 5.91 Å². The summed E-state index contributed by atoms with van der Waals surface area (Å²) in [6.45, 7) is 0. The molecule has 0 unspecified atom stereocenters. The molecule has 5 nitrogen and oxygen atoms in total. The summed E-state index contributed by atoms with van der Waals surface area (Å²) in [5, 5.41) is 8.25. The van der Waals surface area contributed by atoms with Gasteiger partial charge in [0, 0.05) is 18.3 Å². The first-order chi connectivity index (χ1) is 9.84. The first kappa shape index (κ1) is 11.2. The minimum Gasteiger partial charge on any atom is -0.281 e. The van der Waals surface area contributed by atoms with Gasteiger partial charge in [0.2, 0.25) is 5.91 Å². The molecule has 0 saturated carbocycles. The second-order valence-electron chi connectivity index (χ2n) is 4.80. The lowest BCUT2D eigenvalue weighted by Gasteiger charge is -2.20. The molecule has 1 amide bonds. The van der Waals surface area contributed by atoms with Crippen molar-refractivity contribution >= 4 is 28.3 Å². The smallest absolute Gasteiger partial charge is 0.233 e. The van der Waals surface area contributed by atoms with Crippen LogP contribution in [0.4, 0.5) is 11.5 Å². The number of benzene rings is 1. The Kier molecular flexibility index (Phi) is 2.32. The number of H-pyrrole nitrogens is 1. The molecule has 0 bridgehead atoms. The maximum absolute atomic E-state index is 12.5. The fourth-order valence-electron chi connectivity index (χ4n) is 2.66. The Labute approximate surface area is 115 Å². The number of aromatic amines is 1. The summed E-state index contributed by atoms with van der Waals surface area (Å²) in [7, 11) is 0. The first-order valence-corrected chi connectivity index (χ1v) is 6.54. The summed E-state index contributed by atoms with van der Waals surface area (Å²) in [5.41, 5.74) is 2.67. The molecular weight excluding hydrogens is 252 g/mol. The lowest BCUT2D eigenvalue weighted by molar-refractivity contribution is -0.117. The predicted octanol–water partition coefficient (Wildman–Crippen LogP) is 2.57. The molecule has 4 rings (SSSR count). The van der Waals surface area contributed by atoms with E-state index in [9.17, 15) is 4.79 Å². The second-order valence-corrected chi connectivity index (χ2v) is 4.80. The number of amides is 1. The summed E-state index contributed by atoms with van der Waals surface area (Å²) in [5.74, 6) is 0.723. The van der Waals surface area contributed by atoms with Crippen molar-refractivity contribution in [2.75, 3.05) is 4.90 Å². The Morgan fingerprint density at radius 3 is 2.80 bits per heavy atom. The number of nitrogens with one attached hydrogen (secondary N) is 1. The second kappa shape index (κ2) is 4.16. The maximum atomic E-state index is 12.5. The Hall–Kier alpha value is -2.69. The number of aromatic nitrogens is 3. The number of para-hydroxylation sites is 1. The standard InChI is InChI=1S/C15H12N4O/c20-13-7-6-11-14-12(18-17-11)8-9-16-15(14)19(13)10-4-2-1-3-5-10/h1-5,8-9H,6-7H2,(H,17,18). The van der Waals surface area contributed by atoms with Crippen molar-refractivity contribution in [3.8, 4) is 0 Å². The first-order valence-electron chi connectivity index (χ1n) is 6.54. The number of carbonyl (C=O) groups is 1. The molecule has 0 saturated heterocycles. The quantitative estimate of drug-likeness (QED) is 0.734. The average molecular weight is 264 g/mol. The van der Waals surface area contributed by atoms with Gasteiger partial charge in [-0.3, -0.25) is 14.8 Å². The van der Waals surface area contributed by atoms with E-state index in [1.165, 1.54) is 0 Å². The van der Waals surface area contributed by atoms with Crippen molar-refractivity contribution in [1.82, 2.24) is 15.2 Å². The SMILES string of the molecule is O=C1CCc2[nH]nc3ccnc(c23)N1c1ccccc1. The van der Waals surface area contributed by atoms with Gasteiger partial charge in [-0.1, -0.05) is 18.2 Å². The predicted molar refractivity (Wildman–Crippen MR) is 75.8 cm³/mol. The summed E-state index contributed by atoms with van der Waals surface area (Å²) < 4.78 is 0. The fraction of sp³-hybridized carbons (Fsp3) is 0.133. The largest absolute Gasteiger partial charge is 0.281 e. The van der Waals surface area contributed by atoms with Gasteiger partial charge in [-0.25, -0.2) is 4.98 Å². The van der Waals surface area contributed by atoms with Crippen molar-refractivity contribution in [2.45, 2.75) is 12.8 Å². The maximum Gasteiger partial charge on any atom is 0.233 e. The number of aryl methyl sites for hydroxylation is 1. The van der Waals surface area contributed by atoms with E-state index in [1.54, 1.807) is 11.1 Å². The van der Waals surface area contributed by atoms with Crippen LogP contribution in [0.25, 0.3) is 10.9 Å². The van der Waals surface area contributed by atoms with Crippen LogP contribution in [-0.4, -0.2) is 21.1 Å². The molecule has 2 aromatic heterocycles. The summed E-state index contributed by atoms with van der Waals surface area (Å²) in [6.07, 6.45) is 2.80. The normalized spacial score (nSPS) is 14.6. The zero-order valence-corrected chi connectivity index (χ0v) is 10.7. The monoisotopic (exact) mass is 264 g/mol. The minimum absolute atomic E-state index is 0.0563. The van der Waals surface area contributed by atoms with Crippen molar-refractivity contribution < 1.29 is 4.79 Å². The Balaban J connectivity index is 2.01. The highest BCUT2D eigenvalue weighted by Gasteiger charge is 2.27. The van der Waals surface area contributed by atoms with Crippen LogP contribution in [0, 0.1) is 0 Å². The number of hydrogen-bond donors (Lipinski definition) is 1. The van der Waals surface area contributed by atoms with E-state index in [1.807, 2.05) is 36.4 Å². The fourth-order valence-corrected chi connectivity index (χ4v) is 2.66. The summed E-state index contributed by atoms with van der Waals surface area (Å²) >= 11 is 0. The van der Waals surface area contributed by atoms with Gasteiger partial charge in [-0.15, -0.1) is 0 Å². The molecule has 1 N–H and O–H groups in total. The van der Waals surface area contributed by atoms with Crippen LogP contribution in [0.1, 0.15) is 12.1 Å². The van der Waals surface area contributed by atoms with Gasteiger partial charge in [-0.2, -0.15) is 5.10 Å². The Morgan fingerprint density at radius 1 is 1.10 bits per heavy atom. The molecule has 98 valence electrons. The van der Waals surface area contributed by atoms with Crippen LogP contribution < -0.4 is 4.90 Å². The van der Waals surface area contributed by atoms with Crippen LogP contribution >= 0.6 is 0 Å². The van der Waals surface area contributed by atoms with Crippen molar-refractivity contribution in [3.63, 3.8) is 0 Å². The average Bonchev–Trinajstić information content (AvgIpc) is 2.84. The molecule has 20 heavy (non-hydrogen) atoms. The molecule has 3 heterocycles. The third kappa shape index (κ3) is 1.53. The summed E-state index contributed by atoms with van der Waals surface area (Å²) in [4.78, 5) is 18.6. The van der Waals surface area contributed by atoms with Crippen LogP contribution in [0.5, 0.6) is 0 Å². The lowest BCUT2D eigenvalue weighted by atomic mass is 10.2. The molecular formula is C15H12N4O. The van der Waals surface area contributed by atoms with Gasteiger partial charge in [0.15, 0.2) is 5.82 Å². The van der Waals surface area contributed by atoms with E-state index in [4.69, 9.17) is 0 Å². The lowest BCUT2D eigenvalue weighted by Crippen LogP contribution is -2.25. The number of carbonyl (C=O) groups excluding carboxylic acids is 1. The highest BCUT2D eigenvalue weighted by Crippen LogP contribution is 2.34. The number of anilines is 2. The van der Waals surface area contributed by atoms with Crippen molar-refractivity contribution in [3.05, 3.63) is 48.3 Å². The van der Waals surface area contributed by atoms with E-state index in [2.05, 4.69) is 15.2 Å². The number of nitrogens with zero attached hydrogens (tertiary/aromatic N) is 3. The topological polar surface area (TPSA) is 61.9 Å². The molecule has 0 spiro atoms. The molecule has 0 atom stereocenters. The number of rotatable bonds is 1. The van der Waals surface area contributed by atoms with Gasteiger partial charge in [0.1, 0.15) is 0 Å². The molecule has 1 aliphatic heterocycles. The molecule has 0 aliphatic carbocycles. The van der Waals surface area contributed by atoms with Crippen molar-refractivity contribution in [1.29, 1.82) is 0 Å². The van der Waals surface area contributed by atoms with Crippen molar-refractivity contribution in [2.24, 2.45) is 0 Å². The third-order valence-electron chi connectivity index (χ3n) is 3.59.